The second kappa shape index (κ2) is 10.7. The Morgan fingerprint density at radius 1 is 1.21 bits per heavy atom. The van der Waals surface area contributed by atoms with Gasteiger partial charge in [-0.15, -0.1) is 0 Å². The van der Waals surface area contributed by atoms with Crippen molar-refractivity contribution in [3.05, 3.63) is 76.3 Å². The van der Waals surface area contributed by atoms with Crippen LogP contribution in [0, 0.1) is 29.6 Å². The SMILES string of the molecule is Cc1cccc(-c2cccc(N3C[C@@H]4C[C@]4(C(=O)O)C3)n2)c1OCc1cc(C#N)c2c(c1)CCN(C1CCOCC1)C2. The highest BCUT2D eigenvalue weighted by atomic mass is 16.5. The Kier molecular flexibility index (Phi) is 6.88. The van der Waals surface area contributed by atoms with Gasteiger partial charge in [-0.25, -0.2) is 4.98 Å². The second-order valence-corrected chi connectivity index (χ2v) is 12.3. The number of hydrogen-bond donors (Lipinski definition) is 1. The third-order valence-electron chi connectivity index (χ3n) is 9.76. The van der Waals surface area contributed by atoms with Crippen LogP contribution in [-0.2, 0) is 29.1 Å². The molecule has 2 saturated heterocycles. The van der Waals surface area contributed by atoms with Gasteiger partial charge in [0.25, 0.3) is 0 Å². The summed E-state index contributed by atoms with van der Waals surface area (Å²) < 4.78 is 12.0. The summed E-state index contributed by atoms with van der Waals surface area (Å²) in [6.45, 7) is 7.09. The fraction of sp³-hybridized carbons (Fsp3) is 0.441. The van der Waals surface area contributed by atoms with Crippen LogP contribution in [0.25, 0.3) is 11.3 Å². The molecule has 216 valence electrons. The molecule has 4 aliphatic rings. The minimum absolute atomic E-state index is 0.207. The van der Waals surface area contributed by atoms with E-state index in [1.54, 1.807) is 0 Å². The van der Waals surface area contributed by atoms with Gasteiger partial charge < -0.3 is 19.5 Å². The first-order valence-electron chi connectivity index (χ1n) is 15.0. The van der Waals surface area contributed by atoms with Gasteiger partial charge in [-0.05, 0) is 85.0 Å². The fourth-order valence-electron chi connectivity index (χ4n) is 7.24. The minimum atomic E-state index is -0.695. The average Bonchev–Trinajstić information content (AvgIpc) is 3.60. The van der Waals surface area contributed by atoms with Crippen molar-refractivity contribution in [1.29, 1.82) is 5.26 Å². The number of piperidine rings is 1. The Hall–Kier alpha value is -3.93. The lowest BCUT2D eigenvalue weighted by molar-refractivity contribution is -0.143. The van der Waals surface area contributed by atoms with Crippen molar-refractivity contribution in [2.24, 2.45) is 11.3 Å². The summed E-state index contributed by atoms with van der Waals surface area (Å²) >= 11 is 0. The molecular formula is C34H36N4O4. The van der Waals surface area contributed by atoms with E-state index in [4.69, 9.17) is 14.5 Å². The summed E-state index contributed by atoms with van der Waals surface area (Å²) in [6, 6.07) is 19.2. The molecule has 8 heteroatoms. The maximum absolute atomic E-state index is 11.8. The van der Waals surface area contributed by atoms with E-state index >= 15 is 0 Å². The number of hydrogen-bond acceptors (Lipinski definition) is 7. The number of aryl methyl sites for hydroxylation is 1. The van der Waals surface area contributed by atoms with Gasteiger partial charge in [-0.1, -0.05) is 24.3 Å². The Balaban J connectivity index is 1.10. The van der Waals surface area contributed by atoms with Crippen LogP contribution in [0.15, 0.2) is 48.5 Å². The molecule has 3 aromatic rings. The molecule has 1 N–H and O–H groups in total. The number of benzene rings is 2. The molecule has 2 atom stereocenters. The zero-order valence-corrected chi connectivity index (χ0v) is 24.0. The molecule has 2 aromatic carbocycles. The number of carboxylic acids is 1. The number of para-hydroxylation sites is 1. The molecule has 7 rings (SSSR count). The van der Waals surface area contributed by atoms with Gasteiger partial charge >= 0.3 is 5.97 Å². The van der Waals surface area contributed by atoms with E-state index in [2.05, 4.69) is 21.9 Å². The molecule has 0 spiro atoms. The molecule has 3 aliphatic heterocycles. The maximum atomic E-state index is 11.8. The van der Waals surface area contributed by atoms with Crippen LogP contribution in [0.2, 0.25) is 0 Å². The summed E-state index contributed by atoms with van der Waals surface area (Å²) in [7, 11) is 0. The van der Waals surface area contributed by atoms with E-state index in [1.807, 2.05) is 49.4 Å². The van der Waals surface area contributed by atoms with E-state index in [1.165, 1.54) is 5.56 Å². The zero-order valence-electron chi connectivity index (χ0n) is 24.0. The monoisotopic (exact) mass is 564 g/mol. The van der Waals surface area contributed by atoms with Crippen LogP contribution < -0.4 is 9.64 Å². The average molecular weight is 565 g/mol. The Labute approximate surface area is 246 Å². The van der Waals surface area contributed by atoms with Crippen LogP contribution in [0.1, 0.15) is 47.1 Å². The second-order valence-electron chi connectivity index (χ2n) is 12.3. The first-order chi connectivity index (χ1) is 20.4. The van der Waals surface area contributed by atoms with Gasteiger partial charge in [0.1, 0.15) is 18.2 Å². The first kappa shape index (κ1) is 26.9. The zero-order chi connectivity index (χ0) is 28.8. The molecule has 0 radical (unpaired) electrons. The molecule has 4 heterocycles. The minimum Gasteiger partial charge on any atom is -0.488 e. The number of ether oxygens (including phenoxy) is 2. The molecule has 0 bridgehead atoms. The first-order valence-corrected chi connectivity index (χ1v) is 15.0. The van der Waals surface area contributed by atoms with E-state index in [0.717, 1.165) is 104 Å². The van der Waals surface area contributed by atoms with Crippen molar-refractivity contribution >= 4 is 11.8 Å². The van der Waals surface area contributed by atoms with Crippen molar-refractivity contribution in [3.63, 3.8) is 0 Å². The number of rotatable bonds is 7. The van der Waals surface area contributed by atoms with E-state index in [-0.39, 0.29) is 5.92 Å². The third-order valence-corrected chi connectivity index (χ3v) is 9.76. The summed E-state index contributed by atoms with van der Waals surface area (Å²) in [6.07, 6.45) is 3.81. The van der Waals surface area contributed by atoms with Crippen molar-refractivity contribution < 1.29 is 19.4 Å². The van der Waals surface area contributed by atoms with E-state index < -0.39 is 11.4 Å². The van der Waals surface area contributed by atoms with Crippen LogP contribution >= 0.6 is 0 Å². The lowest BCUT2D eigenvalue weighted by atomic mass is 9.91. The van der Waals surface area contributed by atoms with Gasteiger partial charge in [0.2, 0.25) is 0 Å². The Morgan fingerprint density at radius 3 is 2.83 bits per heavy atom. The number of aromatic nitrogens is 1. The maximum Gasteiger partial charge on any atom is 0.311 e. The predicted molar refractivity (Wildman–Crippen MR) is 158 cm³/mol. The molecule has 0 unspecified atom stereocenters. The van der Waals surface area contributed by atoms with Crippen LogP contribution in [0.4, 0.5) is 5.82 Å². The van der Waals surface area contributed by atoms with Gasteiger partial charge in [-0.2, -0.15) is 5.26 Å². The topological polar surface area (TPSA) is 98.9 Å². The standard InChI is InChI=1S/C34H36N4O4/c1-22-4-2-5-28(30-6-3-7-31(36-30)38-18-26-16-34(26,21-38)33(39)40)32(22)42-20-23-14-24-8-11-37(27-9-12-41-13-10-27)19-29(24)25(15-23)17-35/h2-7,14-15,26-27H,8-13,16,18-21H2,1H3,(H,39,40)/t26-,34-/m0/s1. The van der Waals surface area contributed by atoms with Gasteiger partial charge in [0.15, 0.2) is 0 Å². The Morgan fingerprint density at radius 2 is 2.05 bits per heavy atom. The van der Waals surface area contributed by atoms with Crippen molar-refractivity contribution in [2.45, 2.75) is 51.8 Å². The van der Waals surface area contributed by atoms with Gasteiger partial charge in [0, 0.05) is 51.0 Å². The molecular weight excluding hydrogens is 528 g/mol. The van der Waals surface area contributed by atoms with E-state index in [0.29, 0.717) is 19.2 Å². The van der Waals surface area contributed by atoms with Crippen LogP contribution in [0.5, 0.6) is 5.75 Å². The van der Waals surface area contributed by atoms with Crippen LogP contribution in [-0.4, -0.2) is 59.8 Å². The van der Waals surface area contributed by atoms with E-state index in [9.17, 15) is 15.2 Å². The Bertz CT molecular complexity index is 1580. The number of anilines is 1. The highest BCUT2D eigenvalue weighted by Crippen LogP contribution is 2.58. The molecule has 42 heavy (non-hydrogen) atoms. The summed E-state index contributed by atoms with van der Waals surface area (Å²) in [5.41, 5.74) is 6.25. The highest BCUT2D eigenvalue weighted by molar-refractivity contribution is 5.81. The molecule has 3 fully saturated rings. The predicted octanol–water partition coefficient (Wildman–Crippen LogP) is 4.96. The van der Waals surface area contributed by atoms with Gasteiger partial charge in [-0.3, -0.25) is 9.69 Å². The molecule has 8 nitrogen and oxygen atoms in total. The fourth-order valence-corrected chi connectivity index (χ4v) is 7.24. The number of fused-ring (bicyclic) bond motifs is 2. The van der Waals surface area contributed by atoms with Crippen LogP contribution in [0.3, 0.4) is 0 Å². The third kappa shape index (κ3) is 4.81. The normalized spacial score (nSPS) is 23.6. The van der Waals surface area contributed by atoms with Crippen molar-refractivity contribution in [3.8, 4) is 23.1 Å². The largest absolute Gasteiger partial charge is 0.488 e. The van der Waals surface area contributed by atoms with Crippen molar-refractivity contribution in [1.82, 2.24) is 9.88 Å². The molecule has 1 saturated carbocycles. The molecule has 0 amide bonds. The summed E-state index contributed by atoms with van der Waals surface area (Å²) in [5, 5.41) is 19.8. The summed E-state index contributed by atoms with van der Waals surface area (Å²) in [4.78, 5) is 21.4. The quantitative estimate of drug-likeness (QED) is 0.430. The number of nitriles is 1. The lowest BCUT2D eigenvalue weighted by Crippen LogP contribution is -2.42. The number of carbonyl (C=O) groups is 1. The number of pyridine rings is 1. The highest BCUT2D eigenvalue weighted by Gasteiger charge is 2.65. The van der Waals surface area contributed by atoms with Crippen molar-refractivity contribution in [2.75, 3.05) is 37.7 Å². The molecule has 1 aliphatic carbocycles. The smallest absolute Gasteiger partial charge is 0.311 e. The van der Waals surface area contributed by atoms with Gasteiger partial charge in [0.05, 0.1) is 22.7 Å². The number of carboxylic acid groups (broad SMARTS) is 1. The molecule has 1 aromatic heterocycles. The summed E-state index contributed by atoms with van der Waals surface area (Å²) in [5.74, 6) is 1.09. The number of nitrogens with zero attached hydrogens (tertiary/aromatic N) is 4. The number of aliphatic carboxylic acids is 1. The lowest BCUT2D eigenvalue weighted by Gasteiger charge is -2.38.